The van der Waals surface area contributed by atoms with E-state index in [2.05, 4.69) is 17.4 Å². The minimum atomic E-state index is 0.301. The average Bonchev–Trinajstić information content (AvgIpc) is 2.87. The van der Waals surface area contributed by atoms with Crippen LogP contribution in [0.2, 0.25) is 5.02 Å². The van der Waals surface area contributed by atoms with Crippen LogP contribution in [0.5, 0.6) is 0 Å². The van der Waals surface area contributed by atoms with E-state index >= 15 is 0 Å². The minimum Gasteiger partial charge on any atom is -0.469 e. The minimum absolute atomic E-state index is 0.301. The third-order valence-electron chi connectivity index (χ3n) is 3.82. The summed E-state index contributed by atoms with van der Waals surface area (Å²) in [5.74, 6) is 1.11. The summed E-state index contributed by atoms with van der Waals surface area (Å²) < 4.78 is 5.55. The lowest BCUT2D eigenvalue weighted by Gasteiger charge is -2.27. The Morgan fingerprint density at radius 2 is 2.15 bits per heavy atom. The maximum atomic E-state index is 6.32. The first-order valence-corrected chi connectivity index (χ1v) is 7.33. The van der Waals surface area contributed by atoms with Gasteiger partial charge in [0.15, 0.2) is 0 Å². The van der Waals surface area contributed by atoms with E-state index in [0.717, 1.165) is 41.4 Å². The van der Waals surface area contributed by atoms with Gasteiger partial charge in [-0.2, -0.15) is 0 Å². The standard InChI is InChI=1S/C16H19ClN2O/c1-19(2)16-12(17)5-3-7-14(16)18-13-6-4-8-15-11(13)9-10-20-15/h3,5,7,9-10,13,18H,4,6,8H2,1-2H3. The van der Waals surface area contributed by atoms with Crippen molar-refractivity contribution < 1.29 is 4.42 Å². The number of hydrogen-bond acceptors (Lipinski definition) is 3. The van der Waals surface area contributed by atoms with Gasteiger partial charge in [-0.1, -0.05) is 17.7 Å². The summed E-state index contributed by atoms with van der Waals surface area (Å²) in [6, 6.07) is 8.36. The van der Waals surface area contributed by atoms with E-state index in [-0.39, 0.29) is 0 Å². The van der Waals surface area contributed by atoms with Gasteiger partial charge in [-0.3, -0.25) is 0 Å². The van der Waals surface area contributed by atoms with Gasteiger partial charge in [-0.25, -0.2) is 0 Å². The van der Waals surface area contributed by atoms with Crippen LogP contribution < -0.4 is 10.2 Å². The molecule has 2 aromatic rings. The molecule has 3 nitrogen and oxygen atoms in total. The number of halogens is 1. The average molecular weight is 291 g/mol. The Morgan fingerprint density at radius 3 is 2.95 bits per heavy atom. The lowest BCUT2D eigenvalue weighted by atomic mass is 9.93. The Labute approximate surface area is 124 Å². The van der Waals surface area contributed by atoms with E-state index in [9.17, 15) is 0 Å². The molecule has 0 bridgehead atoms. The second-order valence-corrected chi connectivity index (χ2v) is 5.83. The van der Waals surface area contributed by atoms with Crippen LogP contribution in [-0.2, 0) is 6.42 Å². The van der Waals surface area contributed by atoms with Gasteiger partial charge in [0.25, 0.3) is 0 Å². The van der Waals surface area contributed by atoms with Crippen LogP contribution >= 0.6 is 11.6 Å². The van der Waals surface area contributed by atoms with Crippen molar-refractivity contribution in [2.45, 2.75) is 25.3 Å². The van der Waals surface area contributed by atoms with Crippen LogP contribution in [0, 0.1) is 0 Å². The fraction of sp³-hybridized carbons (Fsp3) is 0.375. The van der Waals surface area contributed by atoms with Crippen molar-refractivity contribution in [3.63, 3.8) is 0 Å². The highest BCUT2D eigenvalue weighted by Crippen LogP contribution is 2.38. The summed E-state index contributed by atoms with van der Waals surface area (Å²) in [7, 11) is 4.02. The summed E-state index contributed by atoms with van der Waals surface area (Å²) in [5.41, 5.74) is 3.38. The number of para-hydroxylation sites is 1. The van der Waals surface area contributed by atoms with Crippen LogP contribution in [-0.4, -0.2) is 14.1 Å². The highest BCUT2D eigenvalue weighted by Gasteiger charge is 2.23. The number of nitrogens with one attached hydrogen (secondary N) is 1. The molecular weight excluding hydrogens is 272 g/mol. The van der Waals surface area contributed by atoms with Crippen molar-refractivity contribution in [2.75, 3.05) is 24.3 Å². The molecule has 1 aliphatic carbocycles. The van der Waals surface area contributed by atoms with Crippen LogP contribution in [0.4, 0.5) is 11.4 Å². The number of fused-ring (bicyclic) bond motifs is 1. The molecule has 1 aliphatic rings. The molecule has 1 N–H and O–H groups in total. The van der Waals surface area contributed by atoms with Crippen molar-refractivity contribution >= 4 is 23.0 Å². The van der Waals surface area contributed by atoms with Crippen molar-refractivity contribution in [3.8, 4) is 0 Å². The monoisotopic (exact) mass is 290 g/mol. The molecule has 1 atom stereocenters. The SMILES string of the molecule is CN(C)c1c(Cl)cccc1NC1CCCc2occc21. The maximum absolute atomic E-state index is 6.32. The lowest BCUT2D eigenvalue weighted by molar-refractivity contribution is 0.461. The van der Waals surface area contributed by atoms with Gasteiger partial charge in [0, 0.05) is 26.1 Å². The van der Waals surface area contributed by atoms with Gasteiger partial charge in [0.05, 0.1) is 28.7 Å². The summed E-state index contributed by atoms with van der Waals surface area (Å²) >= 11 is 6.32. The topological polar surface area (TPSA) is 28.4 Å². The molecule has 4 heteroatoms. The molecule has 0 amide bonds. The molecular formula is C16H19ClN2O. The Bertz CT molecular complexity index is 606. The zero-order valence-electron chi connectivity index (χ0n) is 11.8. The fourth-order valence-corrected chi connectivity index (χ4v) is 3.25. The number of anilines is 2. The van der Waals surface area contributed by atoms with E-state index in [1.165, 1.54) is 5.56 Å². The quantitative estimate of drug-likeness (QED) is 0.903. The molecule has 0 spiro atoms. The summed E-state index contributed by atoms with van der Waals surface area (Å²) in [5, 5.41) is 4.39. The smallest absolute Gasteiger partial charge is 0.109 e. The molecule has 1 unspecified atom stereocenters. The van der Waals surface area contributed by atoms with Crippen molar-refractivity contribution in [1.29, 1.82) is 0 Å². The van der Waals surface area contributed by atoms with Crippen LogP contribution in [0.25, 0.3) is 0 Å². The predicted molar refractivity (Wildman–Crippen MR) is 83.8 cm³/mol. The number of nitrogens with zero attached hydrogens (tertiary/aromatic N) is 1. The number of rotatable bonds is 3. The van der Waals surface area contributed by atoms with Crippen molar-refractivity contribution in [2.24, 2.45) is 0 Å². The normalized spacial score (nSPS) is 17.6. The molecule has 20 heavy (non-hydrogen) atoms. The second-order valence-electron chi connectivity index (χ2n) is 5.42. The van der Waals surface area contributed by atoms with Gasteiger partial charge in [0.1, 0.15) is 5.76 Å². The third-order valence-corrected chi connectivity index (χ3v) is 4.12. The van der Waals surface area contributed by atoms with Gasteiger partial charge in [0.2, 0.25) is 0 Å². The summed E-state index contributed by atoms with van der Waals surface area (Å²) in [6.45, 7) is 0. The van der Waals surface area contributed by atoms with Crippen molar-refractivity contribution in [1.82, 2.24) is 0 Å². The van der Waals surface area contributed by atoms with Crippen LogP contribution in [0.3, 0.4) is 0 Å². The highest BCUT2D eigenvalue weighted by atomic mass is 35.5. The fourth-order valence-electron chi connectivity index (χ4n) is 2.91. The molecule has 1 aromatic heterocycles. The third kappa shape index (κ3) is 2.38. The number of furan rings is 1. The summed E-state index contributed by atoms with van der Waals surface area (Å²) in [4.78, 5) is 2.05. The van der Waals surface area contributed by atoms with E-state index in [0.29, 0.717) is 6.04 Å². The van der Waals surface area contributed by atoms with Crippen LogP contribution in [0.1, 0.15) is 30.2 Å². The number of aryl methyl sites for hydroxylation is 1. The summed E-state index contributed by atoms with van der Waals surface area (Å²) in [6.07, 6.45) is 5.09. The largest absolute Gasteiger partial charge is 0.469 e. The Kier molecular flexibility index (Phi) is 3.62. The van der Waals surface area contributed by atoms with E-state index < -0.39 is 0 Å². The van der Waals surface area contributed by atoms with E-state index in [4.69, 9.17) is 16.0 Å². The Balaban J connectivity index is 1.92. The molecule has 3 rings (SSSR count). The van der Waals surface area contributed by atoms with E-state index in [1.807, 2.05) is 31.1 Å². The molecule has 0 radical (unpaired) electrons. The molecule has 1 aromatic carbocycles. The number of benzene rings is 1. The second kappa shape index (κ2) is 5.41. The molecule has 106 valence electrons. The molecule has 0 saturated heterocycles. The molecule has 0 saturated carbocycles. The number of hydrogen-bond donors (Lipinski definition) is 1. The first-order valence-electron chi connectivity index (χ1n) is 6.95. The Morgan fingerprint density at radius 1 is 1.30 bits per heavy atom. The molecule has 0 aliphatic heterocycles. The van der Waals surface area contributed by atoms with Gasteiger partial charge < -0.3 is 14.6 Å². The van der Waals surface area contributed by atoms with E-state index in [1.54, 1.807) is 6.26 Å². The van der Waals surface area contributed by atoms with Gasteiger partial charge in [-0.15, -0.1) is 0 Å². The highest BCUT2D eigenvalue weighted by molar-refractivity contribution is 6.34. The maximum Gasteiger partial charge on any atom is 0.109 e. The zero-order chi connectivity index (χ0) is 14.1. The van der Waals surface area contributed by atoms with Crippen LogP contribution in [0.15, 0.2) is 34.9 Å². The zero-order valence-corrected chi connectivity index (χ0v) is 12.6. The van der Waals surface area contributed by atoms with Gasteiger partial charge >= 0.3 is 0 Å². The van der Waals surface area contributed by atoms with Gasteiger partial charge in [-0.05, 0) is 31.0 Å². The predicted octanol–water partition coefficient (Wildman–Crippen LogP) is 4.49. The van der Waals surface area contributed by atoms with Crippen molar-refractivity contribution in [3.05, 3.63) is 46.9 Å². The first-order chi connectivity index (χ1) is 9.66. The molecule has 1 heterocycles. The molecule has 0 fully saturated rings. The Hall–Kier alpha value is -1.61. The first kappa shape index (κ1) is 13.4. The lowest BCUT2D eigenvalue weighted by Crippen LogP contribution is -2.18.